The molecule has 1 aliphatic heterocycles. The van der Waals surface area contributed by atoms with Gasteiger partial charge >= 0.3 is 11.9 Å². The van der Waals surface area contributed by atoms with Crippen LogP contribution in [0.3, 0.4) is 0 Å². The van der Waals surface area contributed by atoms with Crippen LogP contribution in [0.4, 0.5) is 0 Å². The second-order valence-corrected chi connectivity index (χ2v) is 3.67. The molecule has 6 heteroatoms. The van der Waals surface area contributed by atoms with Crippen molar-refractivity contribution in [2.45, 2.75) is 19.1 Å². The summed E-state index contributed by atoms with van der Waals surface area (Å²) in [5.74, 6) is -1.72. The molecule has 0 radical (unpaired) electrons. The summed E-state index contributed by atoms with van der Waals surface area (Å²) in [6.45, 7) is 1.55. The molecule has 2 unspecified atom stereocenters. The third-order valence-electron chi connectivity index (χ3n) is 2.43. The van der Waals surface area contributed by atoms with Gasteiger partial charge in [-0.05, 0) is 25.1 Å². The molecule has 0 saturated carbocycles. The molecule has 1 aromatic carbocycles. The lowest BCUT2D eigenvalue weighted by Gasteiger charge is -2.29. The minimum Gasteiger partial charge on any atom is -0.482 e. The van der Waals surface area contributed by atoms with Gasteiger partial charge in [0.25, 0.3) is 0 Å². The van der Waals surface area contributed by atoms with Crippen molar-refractivity contribution in [3.63, 3.8) is 0 Å². The number of hydrogen-bond acceptors (Lipinski definition) is 4. The van der Waals surface area contributed by atoms with Gasteiger partial charge in [0, 0.05) is 0 Å². The minimum absolute atomic E-state index is 0.0633. The summed E-state index contributed by atoms with van der Waals surface area (Å²) in [5, 5.41) is 17.7. The Labute approximate surface area is 96.4 Å². The van der Waals surface area contributed by atoms with Crippen LogP contribution in [0.2, 0.25) is 0 Å². The number of fused-ring (bicyclic) bond motifs is 1. The lowest BCUT2D eigenvalue weighted by atomic mass is 10.1. The van der Waals surface area contributed by atoms with Crippen LogP contribution in [0.15, 0.2) is 18.2 Å². The molecule has 1 aliphatic rings. The molecule has 0 fully saturated rings. The van der Waals surface area contributed by atoms with Crippen molar-refractivity contribution in [3.8, 4) is 11.5 Å². The molecule has 0 saturated heterocycles. The molecule has 1 aromatic rings. The number of carbonyl (C=O) groups is 2. The molecule has 17 heavy (non-hydrogen) atoms. The predicted octanol–water partition coefficient (Wildman–Crippen LogP) is 0.998. The molecule has 0 spiro atoms. The van der Waals surface area contributed by atoms with Crippen LogP contribution in [0.5, 0.6) is 11.5 Å². The van der Waals surface area contributed by atoms with Gasteiger partial charge in [-0.15, -0.1) is 0 Å². The van der Waals surface area contributed by atoms with Crippen LogP contribution in [0.1, 0.15) is 17.3 Å². The zero-order chi connectivity index (χ0) is 12.6. The maximum Gasteiger partial charge on any atom is 0.348 e. The van der Waals surface area contributed by atoms with Gasteiger partial charge in [-0.3, -0.25) is 0 Å². The average Bonchev–Trinajstić information content (AvgIpc) is 2.26. The van der Waals surface area contributed by atoms with Gasteiger partial charge < -0.3 is 19.7 Å². The number of aromatic carboxylic acids is 1. The molecular formula is C11H10O6. The van der Waals surface area contributed by atoms with E-state index in [0.717, 1.165) is 0 Å². The van der Waals surface area contributed by atoms with Crippen LogP contribution in [0.25, 0.3) is 0 Å². The number of carboxylic acids is 2. The Morgan fingerprint density at radius 1 is 1.18 bits per heavy atom. The third kappa shape index (κ3) is 2.01. The second-order valence-electron chi connectivity index (χ2n) is 3.67. The van der Waals surface area contributed by atoms with Gasteiger partial charge in [0.05, 0.1) is 5.56 Å². The summed E-state index contributed by atoms with van der Waals surface area (Å²) in [4.78, 5) is 21.6. The molecule has 0 aromatic heterocycles. The smallest absolute Gasteiger partial charge is 0.348 e. The normalized spacial score (nSPS) is 21.9. The summed E-state index contributed by atoms with van der Waals surface area (Å²) >= 11 is 0. The number of hydrogen-bond donors (Lipinski definition) is 2. The number of rotatable bonds is 2. The zero-order valence-electron chi connectivity index (χ0n) is 8.91. The van der Waals surface area contributed by atoms with E-state index in [-0.39, 0.29) is 17.1 Å². The monoisotopic (exact) mass is 238 g/mol. The summed E-state index contributed by atoms with van der Waals surface area (Å²) in [7, 11) is 0. The van der Waals surface area contributed by atoms with Crippen molar-refractivity contribution in [1.82, 2.24) is 0 Å². The highest BCUT2D eigenvalue weighted by molar-refractivity contribution is 5.88. The topological polar surface area (TPSA) is 93.1 Å². The molecule has 0 aliphatic carbocycles. The zero-order valence-corrected chi connectivity index (χ0v) is 8.91. The fourth-order valence-electron chi connectivity index (χ4n) is 1.58. The van der Waals surface area contributed by atoms with E-state index in [9.17, 15) is 9.59 Å². The van der Waals surface area contributed by atoms with Gasteiger partial charge in [0.2, 0.25) is 6.10 Å². The lowest BCUT2D eigenvalue weighted by molar-refractivity contribution is -0.150. The highest BCUT2D eigenvalue weighted by Gasteiger charge is 2.34. The van der Waals surface area contributed by atoms with E-state index in [2.05, 4.69) is 0 Å². The molecule has 2 atom stereocenters. The van der Waals surface area contributed by atoms with Crippen molar-refractivity contribution in [1.29, 1.82) is 0 Å². The highest BCUT2D eigenvalue weighted by Crippen LogP contribution is 2.34. The summed E-state index contributed by atoms with van der Waals surface area (Å²) in [6.07, 6.45) is -1.76. The predicted molar refractivity (Wildman–Crippen MR) is 55.5 cm³/mol. The molecule has 0 bridgehead atoms. The lowest BCUT2D eigenvalue weighted by Crippen LogP contribution is -2.43. The van der Waals surface area contributed by atoms with Crippen molar-refractivity contribution in [3.05, 3.63) is 23.8 Å². The molecule has 6 nitrogen and oxygen atoms in total. The molecular weight excluding hydrogens is 228 g/mol. The first-order valence-electron chi connectivity index (χ1n) is 4.92. The molecule has 90 valence electrons. The molecule has 2 rings (SSSR count). The van der Waals surface area contributed by atoms with Crippen LogP contribution in [-0.2, 0) is 4.79 Å². The molecule has 2 N–H and O–H groups in total. The number of ether oxygens (including phenoxy) is 2. The second kappa shape index (κ2) is 3.97. The largest absolute Gasteiger partial charge is 0.482 e. The number of aliphatic carboxylic acids is 1. The van der Waals surface area contributed by atoms with E-state index >= 15 is 0 Å². The van der Waals surface area contributed by atoms with E-state index in [4.69, 9.17) is 19.7 Å². The van der Waals surface area contributed by atoms with E-state index in [0.29, 0.717) is 0 Å². The Kier molecular flexibility index (Phi) is 2.63. The number of benzene rings is 1. The Bertz CT molecular complexity index is 481. The van der Waals surface area contributed by atoms with Crippen LogP contribution >= 0.6 is 0 Å². The Balaban J connectivity index is 2.35. The van der Waals surface area contributed by atoms with Crippen molar-refractivity contribution >= 4 is 11.9 Å². The first kappa shape index (κ1) is 11.3. The summed E-state index contributed by atoms with van der Waals surface area (Å²) in [5.41, 5.74) is 0.0633. The van der Waals surface area contributed by atoms with Gasteiger partial charge in [-0.2, -0.15) is 0 Å². The average molecular weight is 238 g/mol. The van der Waals surface area contributed by atoms with Gasteiger partial charge in [-0.25, -0.2) is 9.59 Å². The Morgan fingerprint density at radius 3 is 2.47 bits per heavy atom. The van der Waals surface area contributed by atoms with Crippen LogP contribution in [-0.4, -0.2) is 34.4 Å². The first-order chi connectivity index (χ1) is 7.99. The van der Waals surface area contributed by atoms with Gasteiger partial charge in [0.15, 0.2) is 11.5 Å². The van der Waals surface area contributed by atoms with E-state index in [1.807, 2.05) is 0 Å². The summed E-state index contributed by atoms with van der Waals surface area (Å²) in [6, 6.07) is 4.03. The maximum atomic E-state index is 10.9. The quantitative estimate of drug-likeness (QED) is 0.798. The fourth-order valence-corrected chi connectivity index (χ4v) is 1.58. The molecule has 0 amide bonds. The standard InChI is InChI=1S/C11H10O6/c1-5-9(11(14)15)17-7-3-2-6(10(12)13)4-8(7)16-5/h2-5,9H,1H3,(H,12,13)(H,14,15). The van der Waals surface area contributed by atoms with E-state index in [1.54, 1.807) is 6.92 Å². The Hall–Kier alpha value is -2.24. The van der Waals surface area contributed by atoms with Crippen molar-refractivity contribution in [2.75, 3.05) is 0 Å². The highest BCUT2D eigenvalue weighted by atomic mass is 16.6. The van der Waals surface area contributed by atoms with Crippen LogP contribution in [0, 0.1) is 0 Å². The third-order valence-corrected chi connectivity index (χ3v) is 2.43. The van der Waals surface area contributed by atoms with E-state index in [1.165, 1.54) is 18.2 Å². The maximum absolute atomic E-state index is 10.9. The van der Waals surface area contributed by atoms with Gasteiger partial charge in [0.1, 0.15) is 6.10 Å². The minimum atomic E-state index is -1.12. The summed E-state index contributed by atoms with van der Waals surface area (Å²) < 4.78 is 10.6. The Morgan fingerprint density at radius 2 is 1.88 bits per heavy atom. The molecule has 1 heterocycles. The fraction of sp³-hybridized carbons (Fsp3) is 0.273. The van der Waals surface area contributed by atoms with Crippen molar-refractivity contribution < 1.29 is 29.3 Å². The number of carboxylic acid groups (broad SMARTS) is 2. The van der Waals surface area contributed by atoms with Gasteiger partial charge in [-0.1, -0.05) is 0 Å². The first-order valence-corrected chi connectivity index (χ1v) is 4.92. The van der Waals surface area contributed by atoms with Crippen LogP contribution < -0.4 is 9.47 Å². The SMILES string of the molecule is CC1Oc2cc(C(=O)O)ccc2OC1C(=O)O. The van der Waals surface area contributed by atoms with E-state index < -0.39 is 24.1 Å². The van der Waals surface area contributed by atoms with Crippen molar-refractivity contribution in [2.24, 2.45) is 0 Å².